The number of ether oxygens (including phenoxy) is 3. The molecule has 4 heterocycles. The van der Waals surface area contributed by atoms with Gasteiger partial charge >= 0.3 is 0 Å². The zero-order valence-corrected chi connectivity index (χ0v) is 39.0. The minimum absolute atomic E-state index is 0.0354. The van der Waals surface area contributed by atoms with Crippen LogP contribution in [-0.2, 0) is 31.5 Å². The number of rotatable bonds is 4. The van der Waals surface area contributed by atoms with Crippen molar-refractivity contribution >= 4 is 23.2 Å². The highest BCUT2D eigenvalue weighted by molar-refractivity contribution is 6.20. The van der Waals surface area contributed by atoms with Gasteiger partial charge in [0.05, 0.1) is 0 Å². The van der Waals surface area contributed by atoms with E-state index in [2.05, 4.69) is 121 Å². The van der Waals surface area contributed by atoms with E-state index in [1.807, 2.05) is 131 Å². The number of para-hydroxylation sites is 4. The first-order chi connectivity index (χ1) is 36.0. The molecule has 16 rings (SSSR count). The Morgan fingerprint density at radius 2 is 0.534 bits per heavy atom. The third kappa shape index (κ3) is 4.55. The predicted octanol–water partition coefficient (Wildman–Crippen LogP) is 14.2. The average molecular weight is 941 g/mol. The Balaban J connectivity index is 0.793. The van der Waals surface area contributed by atoms with Crippen LogP contribution in [0.25, 0.3) is 22.3 Å². The van der Waals surface area contributed by atoms with Gasteiger partial charge < -0.3 is 14.2 Å². The number of anilines is 2. The second-order valence-electron chi connectivity index (χ2n) is 19.7. The van der Waals surface area contributed by atoms with Crippen molar-refractivity contribution in [1.82, 2.24) is 0 Å². The lowest BCUT2D eigenvalue weighted by atomic mass is 9.49. The summed E-state index contributed by atoms with van der Waals surface area (Å²) in [5.74, 6) is 3.84. The minimum Gasteiger partial charge on any atom is -0.457 e. The van der Waals surface area contributed by atoms with Crippen molar-refractivity contribution in [3.63, 3.8) is 0 Å². The van der Waals surface area contributed by atoms with E-state index < -0.39 is 21.9 Å². The van der Waals surface area contributed by atoms with E-state index >= 15 is 9.59 Å². The van der Waals surface area contributed by atoms with E-state index in [4.69, 9.17) is 14.2 Å². The zero-order chi connectivity index (χ0) is 48.3. The second-order valence-corrected chi connectivity index (χ2v) is 19.7. The topological polar surface area (TPSA) is 68.3 Å². The lowest BCUT2D eigenvalue weighted by molar-refractivity contribution is -0.135. The smallest absolute Gasteiger partial charge is 0.246 e. The number of nitrogens with zero attached hydrogens (tertiary/aromatic N) is 2. The summed E-state index contributed by atoms with van der Waals surface area (Å²) >= 11 is 0. The molecule has 0 unspecified atom stereocenters. The van der Waals surface area contributed by atoms with Crippen molar-refractivity contribution in [2.24, 2.45) is 0 Å². The summed E-state index contributed by atoms with van der Waals surface area (Å²) in [6, 6.07) is 81.6. The van der Waals surface area contributed by atoms with Crippen LogP contribution in [0.15, 0.2) is 243 Å². The summed E-state index contributed by atoms with van der Waals surface area (Å²) in [6.45, 7) is 0. The zero-order valence-electron chi connectivity index (χ0n) is 39.0. The molecule has 6 aliphatic rings. The van der Waals surface area contributed by atoms with Crippen molar-refractivity contribution in [1.29, 1.82) is 0 Å². The summed E-state index contributed by atoms with van der Waals surface area (Å²) < 4.78 is 19.8. The Hall–Kier alpha value is -9.46. The standard InChI is InChI=1S/C66H40N2O5/c69-61-63(53-25-9-13-29-57(53)72-58-30-14-10-26-54(58)63)65(49-21-5-1-17-45(49)46-18-2-6-22-50(46)65)67(61)41-33-37-43(38-34-41)71-44-39-35-42(36-40-44)68-62(70)64(55-27-11-15-31-59(55)73-60-32-16-12-28-56(60)64)66(68)51-23-7-3-19-47(51)48-20-4-8-24-52(48)66/h1-40H. The van der Waals surface area contributed by atoms with Gasteiger partial charge in [0.25, 0.3) is 0 Å². The molecule has 0 atom stereocenters. The summed E-state index contributed by atoms with van der Waals surface area (Å²) in [7, 11) is 0. The molecule has 0 N–H and O–H groups in total. The molecule has 4 aliphatic heterocycles. The van der Waals surface area contributed by atoms with E-state index in [1.54, 1.807) is 0 Å². The molecule has 344 valence electrons. The molecule has 7 nitrogen and oxygen atoms in total. The first kappa shape index (κ1) is 40.3. The lowest BCUT2D eigenvalue weighted by Crippen LogP contribution is -2.79. The largest absolute Gasteiger partial charge is 0.457 e. The summed E-state index contributed by atoms with van der Waals surface area (Å²) in [5, 5.41) is 0. The number of β-lactam (4-membered cyclic amide) rings is 2. The monoisotopic (exact) mass is 940 g/mol. The maximum absolute atomic E-state index is 15.8. The van der Waals surface area contributed by atoms with Gasteiger partial charge in [-0.15, -0.1) is 0 Å². The van der Waals surface area contributed by atoms with Crippen molar-refractivity contribution < 1.29 is 23.8 Å². The molecule has 0 radical (unpaired) electrons. The number of carbonyl (C=O) groups excluding carboxylic acids is 2. The Labute approximate surface area is 420 Å². The van der Waals surface area contributed by atoms with Gasteiger partial charge in [-0.3, -0.25) is 19.4 Å². The van der Waals surface area contributed by atoms with Gasteiger partial charge in [-0.2, -0.15) is 0 Å². The molecular formula is C66H40N2O5. The Bertz CT molecular complexity index is 3600. The predicted molar refractivity (Wildman–Crippen MR) is 281 cm³/mol. The first-order valence-corrected chi connectivity index (χ1v) is 24.7. The van der Waals surface area contributed by atoms with Gasteiger partial charge in [0, 0.05) is 33.6 Å². The van der Waals surface area contributed by atoms with Crippen molar-refractivity contribution in [2.75, 3.05) is 9.80 Å². The molecule has 0 saturated carbocycles. The summed E-state index contributed by atoms with van der Waals surface area (Å²) in [4.78, 5) is 35.6. The molecule has 2 amide bonds. The van der Waals surface area contributed by atoms with Crippen LogP contribution in [0.3, 0.4) is 0 Å². The normalized spacial score (nSPS) is 17.2. The third-order valence-electron chi connectivity index (χ3n) is 16.7. The molecule has 73 heavy (non-hydrogen) atoms. The molecule has 7 heteroatoms. The van der Waals surface area contributed by atoms with E-state index in [-0.39, 0.29) is 11.8 Å². The van der Waals surface area contributed by atoms with Crippen molar-refractivity contribution in [3.05, 3.63) is 287 Å². The maximum atomic E-state index is 15.8. The van der Waals surface area contributed by atoms with Crippen molar-refractivity contribution in [3.8, 4) is 56.8 Å². The minimum atomic E-state index is -1.13. The molecule has 4 spiro atoms. The molecule has 10 aromatic carbocycles. The first-order valence-electron chi connectivity index (χ1n) is 24.7. The molecule has 2 saturated heterocycles. The molecule has 0 aromatic heterocycles. The number of hydrogen-bond donors (Lipinski definition) is 0. The highest BCUT2D eigenvalue weighted by atomic mass is 16.5. The summed E-state index contributed by atoms with van der Waals surface area (Å²) in [6.07, 6.45) is 0. The van der Waals surface area contributed by atoms with E-state index in [9.17, 15) is 0 Å². The molecule has 2 fully saturated rings. The SMILES string of the molecule is O=C1N(c2ccc(Oc3ccc(N4C(=O)C5(c6ccccc6Oc6ccccc65)C45c4ccccc4-c4ccccc45)cc3)cc2)C2(c3ccccc3-c3ccccc32)C12c1ccccc1Oc1ccccc12. The number of fused-ring (bicyclic) bond motifs is 20. The molecule has 10 aromatic rings. The van der Waals surface area contributed by atoms with Crippen LogP contribution < -0.4 is 24.0 Å². The van der Waals surface area contributed by atoms with Crippen molar-refractivity contribution in [2.45, 2.75) is 21.9 Å². The molecular weight excluding hydrogens is 901 g/mol. The Morgan fingerprint density at radius 1 is 0.288 bits per heavy atom. The van der Waals surface area contributed by atoms with Gasteiger partial charge in [-0.05, 0) is 117 Å². The van der Waals surface area contributed by atoms with Gasteiger partial charge in [0.15, 0.2) is 0 Å². The highest BCUT2D eigenvalue weighted by Gasteiger charge is 2.80. The fourth-order valence-electron chi connectivity index (χ4n) is 14.2. The second kappa shape index (κ2) is 14.1. The van der Waals surface area contributed by atoms with E-state index in [0.717, 1.165) is 78.1 Å². The van der Waals surface area contributed by atoms with Crippen LogP contribution in [0.4, 0.5) is 11.4 Å². The third-order valence-corrected chi connectivity index (χ3v) is 16.7. The van der Waals surface area contributed by atoms with Gasteiger partial charge in [0.2, 0.25) is 11.8 Å². The van der Waals surface area contributed by atoms with Gasteiger partial charge in [-0.1, -0.05) is 170 Å². The lowest BCUT2D eigenvalue weighted by Gasteiger charge is -2.65. The van der Waals surface area contributed by atoms with Crippen LogP contribution in [0.5, 0.6) is 34.5 Å². The van der Waals surface area contributed by atoms with Crippen LogP contribution >= 0.6 is 0 Å². The number of benzene rings is 10. The van der Waals surface area contributed by atoms with E-state index in [0.29, 0.717) is 34.5 Å². The fraction of sp³-hybridized carbons (Fsp3) is 0.0606. The highest BCUT2D eigenvalue weighted by Crippen LogP contribution is 2.74. The maximum Gasteiger partial charge on any atom is 0.246 e. The quantitative estimate of drug-likeness (QED) is 0.164. The summed E-state index contributed by atoms with van der Waals surface area (Å²) in [5.41, 5.74) is 9.34. The van der Waals surface area contributed by atoms with Gasteiger partial charge in [0.1, 0.15) is 56.4 Å². The van der Waals surface area contributed by atoms with Crippen LogP contribution in [0, 0.1) is 0 Å². The van der Waals surface area contributed by atoms with E-state index in [1.165, 1.54) is 0 Å². The Kier molecular flexibility index (Phi) is 7.79. The molecule has 2 aliphatic carbocycles. The fourth-order valence-corrected chi connectivity index (χ4v) is 14.2. The molecule has 0 bridgehead atoms. The Morgan fingerprint density at radius 3 is 0.822 bits per heavy atom. The van der Waals surface area contributed by atoms with Gasteiger partial charge in [-0.25, -0.2) is 0 Å². The van der Waals surface area contributed by atoms with Crippen LogP contribution in [-0.4, -0.2) is 11.8 Å². The van der Waals surface area contributed by atoms with Crippen LogP contribution in [0.1, 0.15) is 44.5 Å². The average Bonchev–Trinajstić information content (AvgIpc) is 3.95. The number of amides is 2. The number of carbonyl (C=O) groups is 2. The van der Waals surface area contributed by atoms with Crippen LogP contribution in [0.2, 0.25) is 0 Å². The number of hydrogen-bond acceptors (Lipinski definition) is 5.